The minimum absolute atomic E-state index is 0.0393. The highest BCUT2D eigenvalue weighted by Crippen LogP contribution is 2.18. The normalized spacial score (nSPS) is 14.7. The average molecular weight is 270 g/mol. The fourth-order valence-electron chi connectivity index (χ4n) is 1.20. The highest BCUT2D eigenvalue weighted by molar-refractivity contribution is 9.10. The van der Waals surface area contributed by atoms with Gasteiger partial charge in [0.2, 0.25) is 5.91 Å². The standard InChI is InChI=1S/C10H12BrN3O/c11-7-3-9(5-12-4-7)13-6-10(15)14-8-1-2-8/h3-5,8,13H,1-2,6H2,(H,14,15). The van der Waals surface area contributed by atoms with Crippen molar-refractivity contribution >= 4 is 27.5 Å². The number of carbonyl (C=O) groups is 1. The summed E-state index contributed by atoms with van der Waals surface area (Å²) in [5, 5.41) is 5.92. The zero-order valence-corrected chi connectivity index (χ0v) is 9.75. The van der Waals surface area contributed by atoms with E-state index in [-0.39, 0.29) is 5.91 Å². The van der Waals surface area contributed by atoms with Crippen molar-refractivity contribution in [2.24, 2.45) is 0 Å². The molecule has 4 nitrogen and oxygen atoms in total. The second kappa shape index (κ2) is 4.61. The summed E-state index contributed by atoms with van der Waals surface area (Å²) in [4.78, 5) is 15.3. The molecule has 1 saturated carbocycles. The molecule has 1 aliphatic carbocycles. The van der Waals surface area contributed by atoms with Gasteiger partial charge in [0, 0.05) is 16.7 Å². The van der Waals surface area contributed by atoms with Gasteiger partial charge in [-0.05, 0) is 34.8 Å². The van der Waals surface area contributed by atoms with Gasteiger partial charge < -0.3 is 10.6 Å². The molecule has 0 atom stereocenters. The minimum atomic E-state index is 0.0393. The van der Waals surface area contributed by atoms with Crippen LogP contribution in [0.3, 0.4) is 0 Å². The van der Waals surface area contributed by atoms with Crippen LogP contribution in [0.2, 0.25) is 0 Å². The molecule has 0 aliphatic heterocycles. The molecule has 1 amide bonds. The number of anilines is 1. The van der Waals surface area contributed by atoms with E-state index in [0.29, 0.717) is 12.6 Å². The third-order valence-corrected chi connectivity index (χ3v) is 2.53. The van der Waals surface area contributed by atoms with Crippen molar-refractivity contribution in [3.8, 4) is 0 Å². The monoisotopic (exact) mass is 269 g/mol. The number of carbonyl (C=O) groups excluding carboxylic acids is 1. The number of aromatic nitrogens is 1. The van der Waals surface area contributed by atoms with Crippen LogP contribution >= 0.6 is 15.9 Å². The molecule has 1 heterocycles. The van der Waals surface area contributed by atoms with Crippen LogP contribution in [0, 0.1) is 0 Å². The van der Waals surface area contributed by atoms with Crippen LogP contribution in [-0.4, -0.2) is 23.5 Å². The summed E-state index contributed by atoms with van der Waals surface area (Å²) in [6, 6.07) is 2.30. The lowest BCUT2D eigenvalue weighted by molar-refractivity contribution is -0.119. The number of hydrogen-bond donors (Lipinski definition) is 2. The first-order valence-corrected chi connectivity index (χ1v) is 5.67. The first-order valence-electron chi connectivity index (χ1n) is 4.88. The number of hydrogen-bond acceptors (Lipinski definition) is 3. The Balaban J connectivity index is 1.78. The van der Waals surface area contributed by atoms with Crippen molar-refractivity contribution in [1.29, 1.82) is 0 Å². The average Bonchev–Trinajstić information content (AvgIpc) is 2.99. The van der Waals surface area contributed by atoms with Gasteiger partial charge >= 0.3 is 0 Å². The SMILES string of the molecule is O=C(CNc1cncc(Br)c1)NC1CC1. The predicted molar refractivity (Wildman–Crippen MR) is 61.6 cm³/mol. The van der Waals surface area contributed by atoms with Crippen molar-refractivity contribution in [2.45, 2.75) is 18.9 Å². The molecule has 80 valence electrons. The molecule has 1 aromatic heterocycles. The summed E-state index contributed by atoms with van der Waals surface area (Å²) >= 11 is 3.32. The lowest BCUT2D eigenvalue weighted by Crippen LogP contribution is -2.31. The minimum Gasteiger partial charge on any atom is -0.375 e. The summed E-state index contributed by atoms with van der Waals surface area (Å²) < 4.78 is 0.898. The van der Waals surface area contributed by atoms with Crippen molar-refractivity contribution in [1.82, 2.24) is 10.3 Å². The van der Waals surface area contributed by atoms with Gasteiger partial charge in [-0.3, -0.25) is 9.78 Å². The van der Waals surface area contributed by atoms with Crippen molar-refractivity contribution in [3.63, 3.8) is 0 Å². The van der Waals surface area contributed by atoms with Crippen LogP contribution in [-0.2, 0) is 4.79 Å². The van der Waals surface area contributed by atoms with Gasteiger partial charge in [0.1, 0.15) is 0 Å². The van der Waals surface area contributed by atoms with E-state index < -0.39 is 0 Å². The highest BCUT2D eigenvalue weighted by Gasteiger charge is 2.22. The van der Waals surface area contributed by atoms with Gasteiger partial charge in [-0.15, -0.1) is 0 Å². The van der Waals surface area contributed by atoms with Gasteiger partial charge in [0.15, 0.2) is 0 Å². The van der Waals surface area contributed by atoms with Gasteiger partial charge in [-0.1, -0.05) is 0 Å². The van der Waals surface area contributed by atoms with Crippen LogP contribution in [0.25, 0.3) is 0 Å². The third-order valence-electron chi connectivity index (χ3n) is 2.10. The molecule has 0 spiro atoms. The van der Waals surface area contributed by atoms with E-state index in [1.807, 2.05) is 6.07 Å². The van der Waals surface area contributed by atoms with Crippen molar-refractivity contribution < 1.29 is 4.79 Å². The summed E-state index contributed by atoms with van der Waals surface area (Å²) in [7, 11) is 0. The quantitative estimate of drug-likeness (QED) is 0.872. The molecule has 1 fully saturated rings. The number of rotatable bonds is 4. The van der Waals surface area contributed by atoms with E-state index in [1.54, 1.807) is 12.4 Å². The lowest BCUT2D eigenvalue weighted by Gasteiger charge is -2.06. The van der Waals surface area contributed by atoms with Crippen LogP contribution in [0.4, 0.5) is 5.69 Å². The van der Waals surface area contributed by atoms with Gasteiger partial charge in [0.05, 0.1) is 18.4 Å². The fraction of sp³-hybridized carbons (Fsp3) is 0.400. The molecule has 0 radical (unpaired) electrons. The smallest absolute Gasteiger partial charge is 0.239 e. The zero-order valence-electron chi connectivity index (χ0n) is 8.16. The van der Waals surface area contributed by atoms with Crippen LogP contribution < -0.4 is 10.6 Å². The number of nitrogens with zero attached hydrogens (tertiary/aromatic N) is 1. The van der Waals surface area contributed by atoms with E-state index >= 15 is 0 Å². The maximum absolute atomic E-state index is 11.3. The fourth-order valence-corrected chi connectivity index (χ4v) is 1.56. The molecule has 0 aromatic carbocycles. The van der Waals surface area contributed by atoms with Crippen molar-refractivity contribution in [2.75, 3.05) is 11.9 Å². The van der Waals surface area contributed by atoms with E-state index in [1.165, 1.54) is 0 Å². The Hall–Kier alpha value is -1.10. The lowest BCUT2D eigenvalue weighted by atomic mass is 10.4. The summed E-state index contributed by atoms with van der Waals surface area (Å²) in [6.45, 7) is 0.300. The van der Waals surface area contributed by atoms with E-state index in [9.17, 15) is 4.79 Å². The van der Waals surface area contributed by atoms with E-state index in [0.717, 1.165) is 23.0 Å². The zero-order chi connectivity index (χ0) is 10.7. The number of amides is 1. The maximum atomic E-state index is 11.3. The van der Waals surface area contributed by atoms with Gasteiger partial charge in [-0.2, -0.15) is 0 Å². The van der Waals surface area contributed by atoms with Crippen LogP contribution in [0.5, 0.6) is 0 Å². The molecule has 5 heteroatoms. The summed E-state index contributed by atoms with van der Waals surface area (Å²) in [5.41, 5.74) is 0.843. The largest absolute Gasteiger partial charge is 0.375 e. The van der Waals surface area contributed by atoms with E-state index in [2.05, 4.69) is 31.5 Å². The highest BCUT2D eigenvalue weighted by atomic mass is 79.9. The first-order chi connectivity index (χ1) is 7.24. The molecule has 0 unspecified atom stereocenters. The number of halogens is 1. The van der Waals surface area contributed by atoms with Crippen LogP contribution in [0.1, 0.15) is 12.8 Å². The Morgan fingerprint density at radius 1 is 1.53 bits per heavy atom. The maximum Gasteiger partial charge on any atom is 0.239 e. The Morgan fingerprint density at radius 3 is 3.00 bits per heavy atom. The molecule has 15 heavy (non-hydrogen) atoms. The summed E-state index contributed by atoms with van der Waals surface area (Å²) in [6.07, 6.45) is 5.62. The Bertz CT molecular complexity index is 365. The molecule has 2 rings (SSSR count). The molecule has 1 aromatic rings. The van der Waals surface area contributed by atoms with Gasteiger partial charge in [-0.25, -0.2) is 0 Å². The molecule has 0 bridgehead atoms. The topological polar surface area (TPSA) is 54.0 Å². The van der Waals surface area contributed by atoms with E-state index in [4.69, 9.17) is 0 Å². The molecule has 1 aliphatic rings. The Kier molecular flexibility index (Phi) is 3.20. The van der Waals surface area contributed by atoms with Crippen molar-refractivity contribution in [3.05, 3.63) is 22.9 Å². The third kappa shape index (κ3) is 3.51. The molecule has 2 N–H and O–H groups in total. The predicted octanol–water partition coefficient (Wildman–Crippen LogP) is 1.53. The summed E-state index contributed by atoms with van der Waals surface area (Å²) in [5.74, 6) is 0.0393. The molecular weight excluding hydrogens is 258 g/mol. The number of pyridine rings is 1. The molecular formula is C10H12BrN3O. The second-order valence-corrected chi connectivity index (χ2v) is 4.50. The molecule has 0 saturated heterocycles. The Morgan fingerprint density at radius 2 is 2.33 bits per heavy atom. The number of nitrogens with one attached hydrogen (secondary N) is 2. The van der Waals surface area contributed by atoms with Gasteiger partial charge in [0.25, 0.3) is 0 Å². The second-order valence-electron chi connectivity index (χ2n) is 3.59. The van der Waals surface area contributed by atoms with Crippen LogP contribution in [0.15, 0.2) is 22.9 Å². The first kappa shape index (κ1) is 10.4. The Labute approximate surface area is 96.6 Å².